The zero-order chi connectivity index (χ0) is 27.4. The number of carbonyl (C=O) groups is 3. The van der Waals surface area contributed by atoms with Crippen LogP contribution in [-0.2, 0) is 20.9 Å². The number of thioether (sulfide) groups is 1. The van der Waals surface area contributed by atoms with Gasteiger partial charge in [-0.05, 0) is 74.4 Å². The summed E-state index contributed by atoms with van der Waals surface area (Å²) >= 11 is 1.73. The summed E-state index contributed by atoms with van der Waals surface area (Å²) in [5.74, 6) is -0.443. The van der Waals surface area contributed by atoms with Crippen molar-refractivity contribution in [2.24, 2.45) is 5.92 Å². The molecular weight excluding hydrogens is 508 g/mol. The molecule has 0 aromatic heterocycles. The summed E-state index contributed by atoms with van der Waals surface area (Å²) in [6.07, 6.45) is 8.09. The molecule has 39 heavy (non-hydrogen) atoms. The molecule has 0 spiro atoms. The van der Waals surface area contributed by atoms with Gasteiger partial charge in [-0.2, -0.15) is 0 Å². The van der Waals surface area contributed by atoms with Gasteiger partial charge in [0, 0.05) is 36.5 Å². The van der Waals surface area contributed by atoms with E-state index in [9.17, 15) is 14.4 Å². The van der Waals surface area contributed by atoms with E-state index in [0.29, 0.717) is 37.1 Å². The van der Waals surface area contributed by atoms with E-state index in [1.54, 1.807) is 23.6 Å². The third-order valence-corrected chi connectivity index (χ3v) is 9.60. The molecule has 2 aromatic rings. The van der Waals surface area contributed by atoms with Crippen molar-refractivity contribution in [2.75, 3.05) is 19.7 Å². The minimum atomic E-state index is -0.257. The molecule has 206 valence electrons. The number of hydrogen-bond acceptors (Lipinski definition) is 5. The molecule has 0 N–H and O–H groups in total. The number of likely N-dealkylation sites (tertiary alicyclic amines) is 1. The predicted octanol–water partition coefficient (Wildman–Crippen LogP) is 5.84. The molecule has 0 radical (unpaired) electrons. The van der Waals surface area contributed by atoms with Gasteiger partial charge in [0.15, 0.2) is 0 Å². The Bertz CT molecular complexity index is 1240. The largest absolute Gasteiger partial charge is 0.466 e. The van der Waals surface area contributed by atoms with Crippen LogP contribution in [0.25, 0.3) is 6.08 Å². The first-order valence-corrected chi connectivity index (χ1v) is 15.1. The highest BCUT2D eigenvalue weighted by molar-refractivity contribution is 8.04. The number of ether oxygens (including phenoxy) is 1. The van der Waals surface area contributed by atoms with Crippen LogP contribution in [0.3, 0.4) is 0 Å². The molecule has 1 saturated carbocycles. The summed E-state index contributed by atoms with van der Waals surface area (Å²) in [5, 5.41) is 0.416. The molecule has 5 rings (SSSR count). The predicted molar refractivity (Wildman–Crippen MR) is 155 cm³/mol. The molecule has 7 heteroatoms. The smallest absolute Gasteiger partial charge is 0.310 e. The normalized spacial score (nSPS) is 24.4. The lowest BCUT2D eigenvalue weighted by atomic mass is 9.92. The second-order valence-corrected chi connectivity index (χ2v) is 12.1. The van der Waals surface area contributed by atoms with Gasteiger partial charge in [-0.1, -0.05) is 49.2 Å². The standard InChI is InChI=1S/C32H38N2O4S/c1-3-38-32(37)26-11-8-18-33(20-26)30(35)24-16-14-23(15-17-24)19-29-31(36)34(21-25-10-5-4-9-22(25)2)27-12-6-7-13-28(27)39-29/h4-5,9-10,14-17,19,26-28H,3,6-8,11-13,18,20-21H2,1-2H3/b29-19+. The van der Waals surface area contributed by atoms with Gasteiger partial charge in [0.2, 0.25) is 0 Å². The number of hydrogen-bond donors (Lipinski definition) is 0. The Kier molecular flexibility index (Phi) is 8.75. The Balaban J connectivity index is 1.31. The SMILES string of the molecule is CCOC(=O)C1CCCN(C(=O)c2ccc(/C=C3/SC4CCCCC4N(Cc4ccccc4C)C3=O)cc2)C1. The molecular formula is C32H38N2O4S. The van der Waals surface area contributed by atoms with Crippen molar-refractivity contribution in [1.29, 1.82) is 0 Å². The Morgan fingerprint density at radius 2 is 1.79 bits per heavy atom. The first kappa shape index (κ1) is 27.5. The fourth-order valence-electron chi connectivity index (χ4n) is 6.00. The number of benzene rings is 2. The average molecular weight is 547 g/mol. The summed E-state index contributed by atoms with van der Waals surface area (Å²) in [6.45, 7) is 5.94. The molecule has 2 saturated heterocycles. The quantitative estimate of drug-likeness (QED) is 0.337. The van der Waals surface area contributed by atoms with Crippen LogP contribution in [0.4, 0.5) is 0 Å². The van der Waals surface area contributed by atoms with E-state index in [-0.39, 0.29) is 29.7 Å². The molecule has 2 aromatic carbocycles. The number of piperidine rings is 1. The number of aryl methyl sites for hydroxylation is 1. The Labute approximate surface area is 235 Å². The highest BCUT2D eigenvalue weighted by atomic mass is 32.2. The summed E-state index contributed by atoms with van der Waals surface area (Å²) in [4.78, 5) is 43.8. The van der Waals surface area contributed by atoms with Crippen LogP contribution in [0.15, 0.2) is 53.4 Å². The molecule has 2 aliphatic heterocycles. The summed E-state index contributed by atoms with van der Waals surface area (Å²) in [5.41, 5.74) is 3.92. The molecule has 0 bridgehead atoms. The van der Waals surface area contributed by atoms with Crippen LogP contribution < -0.4 is 0 Å². The van der Waals surface area contributed by atoms with Crippen molar-refractivity contribution in [3.05, 3.63) is 75.7 Å². The molecule has 1 aliphatic carbocycles. The molecule has 3 unspecified atom stereocenters. The Morgan fingerprint density at radius 1 is 1.03 bits per heavy atom. The molecule has 3 atom stereocenters. The average Bonchev–Trinajstić information content (AvgIpc) is 2.96. The second-order valence-electron chi connectivity index (χ2n) is 10.8. The molecule has 3 aliphatic rings. The first-order valence-electron chi connectivity index (χ1n) is 14.2. The van der Waals surface area contributed by atoms with Crippen molar-refractivity contribution >= 4 is 35.6 Å². The zero-order valence-electron chi connectivity index (χ0n) is 22.9. The third kappa shape index (κ3) is 6.24. The Hall–Kier alpha value is -3.06. The van der Waals surface area contributed by atoms with Gasteiger partial charge in [0.25, 0.3) is 11.8 Å². The highest BCUT2D eigenvalue weighted by Crippen LogP contribution is 2.43. The molecule has 2 amide bonds. The van der Waals surface area contributed by atoms with E-state index in [0.717, 1.165) is 36.2 Å². The number of rotatable bonds is 6. The number of carbonyl (C=O) groups excluding carboxylic acids is 3. The summed E-state index contributed by atoms with van der Waals surface area (Å²) < 4.78 is 5.17. The molecule has 3 fully saturated rings. The monoisotopic (exact) mass is 546 g/mol. The fraction of sp³-hybridized carbons (Fsp3) is 0.469. The van der Waals surface area contributed by atoms with Crippen molar-refractivity contribution in [2.45, 2.75) is 70.2 Å². The van der Waals surface area contributed by atoms with E-state index in [1.807, 2.05) is 42.5 Å². The number of esters is 1. The van der Waals surface area contributed by atoms with Crippen molar-refractivity contribution in [3.8, 4) is 0 Å². The van der Waals surface area contributed by atoms with Gasteiger partial charge in [-0.3, -0.25) is 14.4 Å². The number of nitrogens with zero attached hydrogens (tertiary/aromatic N) is 2. The van der Waals surface area contributed by atoms with E-state index in [1.165, 1.54) is 24.0 Å². The van der Waals surface area contributed by atoms with Crippen LogP contribution in [-0.4, -0.2) is 58.6 Å². The van der Waals surface area contributed by atoms with Gasteiger partial charge in [0.1, 0.15) is 0 Å². The van der Waals surface area contributed by atoms with Crippen LogP contribution in [0, 0.1) is 12.8 Å². The fourth-order valence-corrected chi connectivity index (χ4v) is 7.48. The van der Waals surface area contributed by atoms with Crippen molar-refractivity contribution in [3.63, 3.8) is 0 Å². The van der Waals surface area contributed by atoms with Gasteiger partial charge < -0.3 is 14.5 Å². The van der Waals surface area contributed by atoms with E-state index in [4.69, 9.17) is 4.74 Å². The second kappa shape index (κ2) is 12.4. The van der Waals surface area contributed by atoms with Gasteiger partial charge in [-0.25, -0.2) is 0 Å². The minimum absolute atomic E-state index is 0.0687. The lowest BCUT2D eigenvalue weighted by molar-refractivity contribution is -0.149. The van der Waals surface area contributed by atoms with Crippen molar-refractivity contribution in [1.82, 2.24) is 9.80 Å². The Morgan fingerprint density at radius 3 is 2.56 bits per heavy atom. The van der Waals surface area contributed by atoms with Crippen LogP contribution in [0.5, 0.6) is 0 Å². The highest BCUT2D eigenvalue weighted by Gasteiger charge is 2.40. The number of amides is 2. The van der Waals surface area contributed by atoms with Crippen LogP contribution in [0.2, 0.25) is 0 Å². The van der Waals surface area contributed by atoms with Crippen LogP contribution in [0.1, 0.15) is 72.5 Å². The van der Waals surface area contributed by atoms with E-state index < -0.39 is 0 Å². The molecule has 6 nitrogen and oxygen atoms in total. The maximum atomic E-state index is 13.8. The van der Waals surface area contributed by atoms with Crippen LogP contribution >= 0.6 is 11.8 Å². The minimum Gasteiger partial charge on any atom is -0.466 e. The van der Waals surface area contributed by atoms with E-state index >= 15 is 0 Å². The molecule has 2 heterocycles. The van der Waals surface area contributed by atoms with Crippen molar-refractivity contribution < 1.29 is 19.1 Å². The topological polar surface area (TPSA) is 66.9 Å². The third-order valence-electron chi connectivity index (χ3n) is 8.20. The van der Waals surface area contributed by atoms with Gasteiger partial charge >= 0.3 is 5.97 Å². The maximum Gasteiger partial charge on any atom is 0.310 e. The van der Waals surface area contributed by atoms with E-state index in [2.05, 4.69) is 24.0 Å². The summed E-state index contributed by atoms with van der Waals surface area (Å²) in [6, 6.07) is 16.1. The van der Waals surface area contributed by atoms with Gasteiger partial charge in [-0.15, -0.1) is 11.8 Å². The lowest BCUT2D eigenvalue weighted by Crippen LogP contribution is -2.50. The van der Waals surface area contributed by atoms with Gasteiger partial charge in [0.05, 0.1) is 17.4 Å². The lowest BCUT2D eigenvalue weighted by Gasteiger charge is -2.44. The zero-order valence-corrected chi connectivity index (χ0v) is 23.8. The number of fused-ring (bicyclic) bond motifs is 1. The maximum absolute atomic E-state index is 13.8. The summed E-state index contributed by atoms with van der Waals surface area (Å²) in [7, 11) is 0. The first-order chi connectivity index (χ1) is 18.9.